The van der Waals surface area contributed by atoms with Crippen LogP contribution < -0.4 is 15.4 Å². The monoisotopic (exact) mass is 362 g/mol. The topological polar surface area (TPSA) is 76.1 Å². The van der Waals surface area contributed by atoms with Crippen molar-refractivity contribution in [1.29, 1.82) is 0 Å². The summed E-state index contributed by atoms with van der Waals surface area (Å²) in [5.41, 5.74) is 4.24. The van der Waals surface area contributed by atoms with Crippen LogP contribution in [0.25, 0.3) is 0 Å². The summed E-state index contributed by atoms with van der Waals surface area (Å²) in [7, 11) is 1.58. The molecule has 1 heterocycles. The molecule has 3 aromatic rings. The Labute approximate surface area is 158 Å². The molecule has 0 unspecified atom stereocenters. The Morgan fingerprint density at radius 3 is 2.48 bits per heavy atom. The second kappa shape index (κ2) is 7.86. The van der Waals surface area contributed by atoms with Gasteiger partial charge < -0.3 is 15.4 Å². The first kappa shape index (κ1) is 18.4. The maximum absolute atomic E-state index is 12.6. The smallest absolute Gasteiger partial charge is 0.274 e. The number of aromatic nitrogens is 2. The number of carbonyl (C=O) groups excluding carboxylic acids is 1. The molecule has 1 amide bonds. The molecule has 2 N–H and O–H groups in total. The number of benzene rings is 2. The second-order valence-corrected chi connectivity index (χ2v) is 6.30. The highest BCUT2D eigenvalue weighted by Gasteiger charge is 2.12. The fraction of sp³-hybridized carbons (Fsp3) is 0.190. The van der Waals surface area contributed by atoms with Gasteiger partial charge in [-0.25, -0.2) is 9.97 Å². The number of rotatable bonds is 5. The zero-order valence-electron chi connectivity index (χ0n) is 15.8. The van der Waals surface area contributed by atoms with Gasteiger partial charge >= 0.3 is 0 Å². The molecule has 0 saturated carbocycles. The standard InChI is InChI=1S/C21H22N4O2/c1-13-8-9-17(10-14(13)2)24-20-12-19(22-15(3)23-20)21(26)25-16-6-5-7-18(11-16)27-4/h5-12H,1-4H3,(H,25,26)(H,22,23,24). The summed E-state index contributed by atoms with van der Waals surface area (Å²) in [5.74, 6) is 1.45. The largest absolute Gasteiger partial charge is 0.497 e. The van der Waals surface area contributed by atoms with Crippen LogP contribution in [0.2, 0.25) is 0 Å². The van der Waals surface area contributed by atoms with Gasteiger partial charge in [-0.3, -0.25) is 4.79 Å². The van der Waals surface area contributed by atoms with Crippen LogP contribution in [-0.2, 0) is 0 Å². The van der Waals surface area contributed by atoms with Crippen LogP contribution in [0.4, 0.5) is 17.2 Å². The Bertz CT molecular complexity index is 986. The molecular weight excluding hydrogens is 340 g/mol. The van der Waals surface area contributed by atoms with Gasteiger partial charge in [-0.1, -0.05) is 12.1 Å². The molecule has 0 bridgehead atoms. The molecule has 0 saturated heterocycles. The number of aryl methyl sites for hydroxylation is 3. The summed E-state index contributed by atoms with van der Waals surface area (Å²) >= 11 is 0. The van der Waals surface area contributed by atoms with Crippen molar-refractivity contribution in [3.8, 4) is 5.75 Å². The number of hydrogen-bond donors (Lipinski definition) is 2. The Balaban J connectivity index is 1.81. The maximum atomic E-state index is 12.6. The number of hydrogen-bond acceptors (Lipinski definition) is 5. The Morgan fingerprint density at radius 2 is 1.74 bits per heavy atom. The summed E-state index contributed by atoms with van der Waals surface area (Å²) in [5, 5.41) is 6.07. The van der Waals surface area contributed by atoms with Gasteiger partial charge in [0.15, 0.2) is 0 Å². The van der Waals surface area contributed by atoms with E-state index in [0.717, 1.165) is 5.69 Å². The van der Waals surface area contributed by atoms with Crippen molar-refractivity contribution in [3.05, 3.63) is 71.2 Å². The number of nitrogens with one attached hydrogen (secondary N) is 2. The minimum atomic E-state index is -0.308. The van der Waals surface area contributed by atoms with E-state index in [0.29, 0.717) is 23.1 Å². The first-order valence-electron chi connectivity index (χ1n) is 8.60. The Hall–Kier alpha value is -3.41. The molecule has 0 spiro atoms. The third kappa shape index (κ3) is 4.61. The predicted octanol–water partition coefficient (Wildman–Crippen LogP) is 4.41. The van der Waals surface area contributed by atoms with Crippen LogP contribution in [0.5, 0.6) is 5.75 Å². The van der Waals surface area contributed by atoms with Crippen LogP contribution in [0.3, 0.4) is 0 Å². The van der Waals surface area contributed by atoms with Crippen LogP contribution in [0, 0.1) is 20.8 Å². The molecule has 2 aromatic carbocycles. The molecule has 6 nitrogen and oxygen atoms in total. The van der Waals surface area contributed by atoms with Crippen LogP contribution in [-0.4, -0.2) is 23.0 Å². The summed E-state index contributed by atoms with van der Waals surface area (Å²) in [6, 6.07) is 14.9. The molecule has 0 fully saturated rings. The van der Waals surface area contributed by atoms with E-state index >= 15 is 0 Å². The highest BCUT2D eigenvalue weighted by Crippen LogP contribution is 2.20. The molecule has 0 radical (unpaired) electrons. The fourth-order valence-electron chi connectivity index (χ4n) is 2.61. The van der Waals surface area contributed by atoms with E-state index in [1.165, 1.54) is 11.1 Å². The SMILES string of the molecule is COc1cccc(NC(=O)c2cc(Nc3ccc(C)c(C)c3)nc(C)n2)c1. The molecule has 0 atom stereocenters. The number of nitrogens with zero attached hydrogens (tertiary/aromatic N) is 2. The summed E-state index contributed by atoms with van der Waals surface area (Å²) < 4.78 is 5.18. The highest BCUT2D eigenvalue weighted by atomic mass is 16.5. The minimum absolute atomic E-state index is 0.289. The van der Waals surface area contributed by atoms with Gasteiger partial charge in [-0.05, 0) is 56.2 Å². The maximum Gasteiger partial charge on any atom is 0.274 e. The highest BCUT2D eigenvalue weighted by molar-refractivity contribution is 6.03. The summed E-state index contributed by atoms with van der Waals surface area (Å²) in [6.45, 7) is 5.88. The molecule has 138 valence electrons. The first-order chi connectivity index (χ1) is 12.9. The zero-order chi connectivity index (χ0) is 19.4. The van der Waals surface area contributed by atoms with Gasteiger partial charge in [0, 0.05) is 23.5 Å². The summed E-state index contributed by atoms with van der Waals surface area (Å²) in [6.07, 6.45) is 0. The Kier molecular flexibility index (Phi) is 5.35. The lowest BCUT2D eigenvalue weighted by Gasteiger charge is -2.11. The molecular formula is C21H22N4O2. The Morgan fingerprint density at radius 1 is 0.926 bits per heavy atom. The number of methoxy groups -OCH3 is 1. The lowest BCUT2D eigenvalue weighted by Crippen LogP contribution is -2.15. The zero-order valence-corrected chi connectivity index (χ0v) is 15.8. The quantitative estimate of drug-likeness (QED) is 0.703. The van der Waals surface area contributed by atoms with Gasteiger partial charge in [0.05, 0.1) is 7.11 Å². The van der Waals surface area contributed by atoms with Gasteiger partial charge in [0.1, 0.15) is 23.1 Å². The van der Waals surface area contributed by atoms with Crippen molar-refractivity contribution in [1.82, 2.24) is 9.97 Å². The molecule has 1 aromatic heterocycles. The van der Waals surface area contributed by atoms with Gasteiger partial charge in [-0.15, -0.1) is 0 Å². The molecule has 0 aliphatic heterocycles. The predicted molar refractivity (Wildman–Crippen MR) is 107 cm³/mol. The van der Waals surface area contributed by atoms with Crippen molar-refractivity contribution in [2.75, 3.05) is 17.7 Å². The fourth-order valence-corrected chi connectivity index (χ4v) is 2.61. The van der Waals surface area contributed by atoms with Crippen molar-refractivity contribution < 1.29 is 9.53 Å². The number of carbonyl (C=O) groups is 1. The van der Waals surface area contributed by atoms with Gasteiger partial charge in [0.25, 0.3) is 5.91 Å². The van der Waals surface area contributed by atoms with E-state index in [1.807, 2.05) is 30.3 Å². The molecule has 6 heteroatoms. The van der Waals surface area contributed by atoms with Crippen LogP contribution in [0.15, 0.2) is 48.5 Å². The van der Waals surface area contributed by atoms with E-state index in [4.69, 9.17) is 4.74 Å². The molecule has 3 rings (SSSR count). The second-order valence-electron chi connectivity index (χ2n) is 6.30. The van der Waals surface area contributed by atoms with Gasteiger partial charge in [0.2, 0.25) is 0 Å². The van der Waals surface area contributed by atoms with Crippen molar-refractivity contribution in [2.24, 2.45) is 0 Å². The van der Waals surface area contributed by atoms with Gasteiger partial charge in [-0.2, -0.15) is 0 Å². The van der Waals surface area contributed by atoms with E-state index < -0.39 is 0 Å². The first-order valence-corrected chi connectivity index (χ1v) is 8.60. The lowest BCUT2D eigenvalue weighted by atomic mass is 10.1. The van der Waals surface area contributed by atoms with E-state index in [1.54, 1.807) is 32.2 Å². The summed E-state index contributed by atoms with van der Waals surface area (Å²) in [4.78, 5) is 21.2. The van der Waals surface area contributed by atoms with Crippen molar-refractivity contribution in [3.63, 3.8) is 0 Å². The third-order valence-corrected chi connectivity index (χ3v) is 4.18. The molecule has 27 heavy (non-hydrogen) atoms. The molecule has 0 aliphatic rings. The normalized spacial score (nSPS) is 10.4. The van der Waals surface area contributed by atoms with E-state index in [9.17, 15) is 4.79 Å². The van der Waals surface area contributed by atoms with Crippen LogP contribution in [0.1, 0.15) is 27.4 Å². The number of ether oxygens (including phenoxy) is 1. The average molecular weight is 362 g/mol. The minimum Gasteiger partial charge on any atom is -0.497 e. The number of anilines is 3. The van der Waals surface area contributed by atoms with E-state index in [-0.39, 0.29) is 11.6 Å². The number of amides is 1. The lowest BCUT2D eigenvalue weighted by molar-refractivity contribution is 0.102. The van der Waals surface area contributed by atoms with E-state index in [2.05, 4.69) is 34.4 Å². The van der Waals surface area contributed by atoms with Crippen molar-refractivity contribution in [2.45, 2.75) is 20.8 Å². The van der Waals surface area contributed by atoms with Crippen LogP contribution >= 0.6 is 0 Å². The average Bonchev–Trinajstić information content (AvgIpc) is 2.64. The third-order valence-electron chi connectivity index (χ3n) is 4.18. The van der Waals surface area contributed by atoms with Crippen molar-refractivity contribution >= 4 is 23.1 Å². The molecule has 0 aliphatic carbocycles.